The van der Waals surface area contributed by atoms with Crippen LogP contribution in [0, 0.1) is 6.92 Å². The molecule has 0 bridgehead atoms. The Balaban J connectivity index is 1.66. The fraction of sp³-hybridized carbons (Fsp3) is 0.765. The Morgan fingerprint density at radius 3 is 2.08 bits per heavy atom. The SMILES string of the molecule is CCCCS(=O)(=O)N1CCN(c2cc(N3CCCC3)nc(C)n2)CC1. The van der Waals surface area contributed by atoms with Gasteiger partial charge < -0.3 is 9.80 Å². The van der Waals surface area contributed by atoms with Gasteiger partial charge in [0.15, 0.2) is 0 Å². The molecule has 2 aliphatic rings. The lowest BCUT2D eigenvalue weighted by Gasteiger charge is -2.35. The van der Waals surface area contributed by atoms with Crippen LogP contribution in [0.5, 0.6) is 0 Å². The normalized spacial score (nSPS) is 19.6. The van der Waals surface area contributed by atoms with Gasteiger partial charge >= 0.3 is 0 Å². The third-order valence-electron chi connectivity index (χ3n) is 4.95. The summed E-state index contributed by atoms with van der Waals surface area (Å²) in [6.07, 6.45) is 4.06. The second kappa shape index (κ2) is 7.86. The number of rotatable bonds is 6. The van der Waals surface area contributed by atoms with Crippen LogP contribution in [-0.4, -0.2) is 67.7 Å². The van der Waals surface area contributed by atoms with Gasteiger partial charge in [-0.15, -0.1) is 0 Å². The molecule has 1 aromatic heterocycles. The van der Waals surface area contributed by atoms with E-state index < -0.39 is 10.0 Å². The number of sulfonamides is 1. The molecule has 2 fully saturated rings. The highest BCUT2D eigenvalue weighted by molar-refractivity contribution is 7.89. The minimum Gasteiger partial charge on any atom is -0.356 e. The lowest BCUT2D eigenvalue weighted by molar-refractivity contribution is 0.383. The van der Waals surface area contributed by atoms with Crippen LogP contribution in [0.4, 0.5) is 11.6 Å². The van der Waals surface area contributed by atoms with Gasteiger partial charge in [-0.1, -0.05) is 13.3 Å². The lowest BCUT2D eigenvalue weighted by atomic mass is 10.3. The third kappa shape index (κ3) is 4.41. The topological polar surface area (TPSA) is 69.6 Å². The number of aromatic nitrogens is 2. The first-order chi connectivity index (χ1) is 12.0. The van der Waals surface area contributed by atoms with Gasteiger partial charge in [0, 0.05) is 45.3 Å². The van der Waals surface area contributed by atoms with Crippen LogP contribution in [0.25, 0.3) is 0 Å². The minimum absolute atomic E-state index is 0.259. The van der Waals surface area contributed by atoms with Crippen molar-refractivity contribution >= 4 is 21.7 Å². The molecular formula is C17H29N5O2S. The second-order valence-corrected chi connectivity index (χ2v) is 8.97. The molecule has 0 spiro atoms. The van der Waals surface area contributed by atoms with Crippen LogP contribution in [0.2, 0.25) is 0 Å². The molecule has 0 aliphatic carbocycles. The Morgan fingerprint density at radius 2 is 1.52 bits per heavy atom. The van der Waals surface area contributed by atoms with Crippen LogP contribution in [-0.2, 0) is 10.0 Å². The Hall–Kier alpha value is -1.41. The number of unbranched alkanes of at least 4 members (excludes halogenated alkanes) is 1. The molecule has 3 rings (SSSR count). The van der Waals surface area contributed by atoms with Crippen molar-refractivity contribution in [3.8, 4) is 0 Å². The molecule has 140 valence electrons. The van der Waals surface area contributed by atoms with E-state index in [0.29, 0.717) is 26.2 Å². The molecule has 25 heavy (non-hydrogen) atoms. The predicted octanol–water partition coefficient (Wildman–Crippen LogP) is 1.64. The number of anilines is 2. The molecule has 0 amide bonds. The van der Waals surface area contributed by atoms with Gasteiger partial charge in [-0.3, -0.25) is 0 Å². The van der Waals surface area contributed by atoms with Crippen molar-refractivity contribution in [2.45, 2.75) is 39.5 Å². The van der Waals surface area contributed by atoms with Gasteiger partial charge in [0.05, 0.1) is 5.75 Å². The van der Waals surface area contributed by atoms with Crippen molar-refractivity contribution in [1.29, 1.82) is 0 Å². The Kier molecular flexibility index (Phi) is 5.78. The number of hydrogen-bond donors (Lipinski definition) is 0. The van der Waals surface area contributed by atoms with E-state index in [-0.39, 0.29) is 5.75 Å². The molecule has 0 saturated carbocycles. The summed E-state index contributed by atoms with van der Waals surface area (Å²) >= 11 is 0. The van der Waals surface area contributed by atoms with Crippen molar-refractivity contribution in [2.75, 3.05) is 54.8 Å². The smallest absolute Gasteiger partial charge is 0.214 e. The number of hydrogen-bond acceptors (Lipinski definition) is 6. The molecule has 3 heterocycles. The summed E-state index contributed by atoms with van der Waals surface area (Å²) in [4.78, 5) is 13.7. The van der Waals surface area contributed by atoms with Gasteiger partial charge in [-0.25, -0.2) is 18.4 Å². The zero-order chi connectivity index (χ0) is 17.9. The standard InChI is InChI=1S/C17H29N5O2S/c1-3-4-13-25(23,24)22-11-9-21(10-12-22)17-14-16(18-15(2)19-17)20-7-5-6-8-20/h14H,3-13H2,1-2H3. The highest BCUT2D eigenvalue weighted by Gasteiger charge is 2.27. The van der Waals surface area contributed by atoms with E-state index in [1.807, 2.05) is 13.8 Å². The van der Waals surface area contributed by atoms with E-state index in [4.69, 9.17) is 0 Å². The summed E-state index contributed by atoms with van der Waals surface area (Å²) in [7, 11) is -3.11. The molecule has 1 aromatic rings. The summed E-state index contributed by atoms with van der Waals surface area (Å²) in [5.41, 5.74) is 0. The molecule has 0 atom stereocenters. The van der Waals surface area contributed by atoms with Crippen molar-refractivity contribution in [3.63, 3.8) is 0 Å². The Morgan fingerprint density at radius 1 is 0.960 bits per heavy atom. The fourth-order valence-electron chi connectivity index (χ4n) is 3.46. The van der Waals surface area contributed by atoms with E-state index in [2.05, 4.69) is 25.8 Å². The minimum atomic E-state index is -3.11. The number of piperazine rings is 1. The first-order valence-electron chi connectivity index (χ1n) is 9.33. The Labute approximate surface area is 151 Å². The zero-order valence-electron chi connectivity index (χ0n) is 15.3. The van der Waals surface area contributed by atoms with Crippen LogP contribution >= 0.6 is 0 Å². The van der Waals surface area contributed by atoms with Crippen molar-refractivity contribution in [1.82, 2.24) is 14.3 Å². The molecule has 0 radical (unpaired) electrons. The summed E-state index contributed by atoms with van der Waals surface area (Å²) in [6.45, 7) is 8.49. The van der Waals surface area contributed by atoms with Crippen molar-refractivity contribution in [3.05, 3.63) is 11.9 Å². The molecular weight excluding hydrogens is 338 g/mol. The average molecular weight is 368 g/mol. The van der Waals surface area contributed by atoms with E-state index in [1.54, 1.807) is 4.31 Å². The third-order valence-corrected chi connectivity index (χ3v) is 6.91. The van der Waals surface area contributed by atoms with Gasteiger partial charge in [-0.2, -0.15) is 4.31 Å². The molecule has 0 N–H and O–H groups in total. The van der Waals surface area contributed by atoms with Crippen LogP contribution in [0.3, 0.4) is 0 Å². The fourth-order valence-corrected chi connectivity index (χ4v) is 5.09. The molecule has 2 saturated heterocycles. The Bertz CT molecular complexity index is 680. The van der Waals surface area contributed by atoms with Gasteiger partial charge in [-0.05, 0) is 26.2 Å². The monoisotopic (exact) mass is 367 g/mol. The van der Waals surface area contributed by atoms with Crippen molar-refractivity contribution in [2.24, 2.45) is 0 Å². The molecule has 7 nitrogen and oxygen atoms in total. The van der Waals surface area contributed by atoms with Gasteiger partial charge in [0.2, 0.25) is 10.0 Å². The van der Waals surface area contributed by atoms with E-state index >= 15 is 0 Å². The number of aryl methyl sites for hydroxylation is 1. The van der Waals surface area contributed by atoms with Gasteiger partial charge in [0.25, 0.3) is 0 Å². The van der Waals surface area contributed by atoms with E-state index in [9.17, 15) is 8.42 Å². The van der Waals surface area contributed by atoms with E-state index in [1.165, 1.54) is 12.8 Å². The van der Waals surface area contributed by atoms with E-state index in [0.717, 1.165) is 43.4 Å². The van der Waals surface area contributed by atoms with Gasteiger partial charge in [0.1, 0.15) is 17.5 Å². The summed E-state index contributed by atoms with van der Waals surface area (Å²) in [5.74, 6) is 2.95. The average Bonchev–Trinajstić information content (AvgIpc) is 3.14. The molecule has 0 aromatic carbocycles. The summed E-state index contributed by atoms with van der Waals surface area (Å²) in [5, 5.41) is 0. The van der Waals surface area contributed by atoms with Crippen molar-refractivity contribution < 1.29 is 8.42 Å². The molecule has 2 aliphatic heterocycles. The number of nitrogens with zero attached hydrogens (tertiary/aromatic N) is 5. The quantitative estimate of drug-likeness (QED) is 0.761. The maximum atomic E-state index is 12.3. The first kappa shape index (κ1) is 18.4. The maximum Gasteiger partial charge on any atom is 0.214 e. The highest BCUT2D eigenvalue weighted by Crippen LogP contribution is 2.23. The summed E-state index contributed by atoms with van der Waals surface area (Å²) < 4.78 is 26.3. The van der Waals surface area contributed by atoms with Crippen LogP contribution in [0.1, 0.15) is 38.4 Å². The first-order valence-corrected chi connectivity index (χ1v) is 10.9. The molecule has 8 heteroatoms. The lowest BCUT2D eigenvalue weighted by Crippen LogP contribution is -2.49. The predicted molar refractivity (Wildman–Crippen MR) is 101 cm³/mol. The molecule has 0 unspecified atom stereocenters. The second-order valence-electron chi connectivity index (χ2n) is 6.88. The zero-order valence-corrected chi connectivity index (χ0v) is 16.1. The van der Waals surface area contributed by atoms with Crippen LogP contribution in [0.15, 0.2) is 6.07 Å². The largest absolute Gasteiger partial charge is 0.356 e. The van der Waals surface area contributed by atoms with Crippen LogP contribution < -0.4 is 9.80 Å². The summed E-state index contributed by atoms with van der Waals surface area (Å²) in [6, 6.07) is 2.06. The maximum absolute atomic E-state index is 12.3. The highest BCUT2D eigenvalue weighted by atomic mass is 32.2.